The molecule has 1 unspecified atom stereocenters. The minimum atomic E-state index is -0.402. The summed E-state index contributed by atoms with van der Waals surface area (Å²) in [5, 5.41) is 3.66. The van der Waals surface area contributed by atoms with E-state index in [4.69, 9.17) is 9.72 Å². The number of nitrogens with zero attached hydrogens (tertiary/aromatic N) is 2. The number of methoxy groups -OCH3 is 1. The minimum absolute atomic E-state index is 0.0450. The minimum Gasteiger partial charge on any atom is -0.497 e. The highest BCUT2D eigenvalue weighted by atomic mass is 32.2. The van der Waals surface area contributed by atoms with Crippen LogP contribution in [-0.2, 0) is 11.2 Å². The molecule has 1 amide bonds. The maximum Gasteiger partial charge on any atom is 0.267 e. The van der Waals surface area contributed by atoms with Crippen LogP contribution < -0.4 is 15.6 Å². The van der Waals surface area contributed by atoms with Crippen molar-refractivity contribution >= 4 is 39.2 Å². The average molecular weight is 446 g/mol. The lowest BCUT2D eigenvalue weighted by Crippen LogP contribution is -2.36. The summed E-state index contributed by atoms with van der Waals surface area (Å²) in [6.45, 7) is 9.72. The van der Waals surface area contributed by atoms with Gasteiger partial charge in [0.1, 0.15) is 10.6 Å². The summed E-state index contributed by atoms with van der Waals surface area (Å²) in [7, 11) is 1.59. The Morgan fingerprint density at radius 3 is 2.70 bits per heavy atom. The molecule has 160 valence electrons. The Labute approximate surface area is 184 Å². The van der Waals surface area contributed by atoms with E-state index in [2.05, 4.69) is 12.2 Å². The Kier molecular flexibility index (Phi) is 6.88. The molecule has 0 aliphatic heterocycles. The van der Waals surface area contributed by atoms with Crippen molar-refractivity contribution in [3.63, 3.8) is 0 Å². The second-order valence-corrected chi connectivity index (χ2v) is 9.74. The number of fused-ring (bicyclic) bond motifs is 1. The van der Waals surface area contributed by atoms with Gasteiger partial charge in [0.2, 0.25) is 5.91 Å². The first-order chi connectivity index (χ1) is 14.3. The van der Waals surface area contributed by atoms with Gasteiger partial charge in [-0.05, 0) is 51.8 Å². The number of hydrogen-bond acceptors (Lipinski definition) is 6. The van der Waals surface area contributed by atoms with Gasteiger partial charge in [0.25, 0.3) is 5.56 Å². The van der Waals surface area contributed by atoms with Gasteiger partial charge in [-0.3, -0.25) is 14.2 Å². The van der Waals surface area contributed by atoms with Crippen molar-refractivity contribution in [2.75, 3.05) is 7.11 Å². The van der Waals surface area contributed by atoms with Crippen LogP contribution >= 0.6 is 23.1 Å². The van der Waals surface area contributed by atoms with Crippen LogP contribution in [0.25, 0.3) is 15.9 Å². The lowest BCUT2D eigenvalue weighted by molar-refractivity contribution is -0.120. The van der Waals surface area contributed by atoms with E-state index in [0.717, 1.165) is 16.9 Å². The summed E-state index contributed by atoms with van der Waals surface area (Å²) in [4.78, 5) is 32.8. The Morgan fingerprint density at radius 2 is 2.07 bits per heavy atom. The normalized spacial score (nSPS) is 12.4. The number of amides is 1. The van der Waals surface area contributed by atoms with Crippen molar-refractivity contribution in [1.29, 1.82) is 0 Å². The number of carbonyl (C=O) groups excluding carboxylic acids is 1. The molecule has 0 spiro atoms. The monoisotopic (exact) mass is 445 g/mol. The third-order valence-electron chi connectivity index (χ3n) is 4.75. The molecule has 2 aromatic heterocycles. The first kappa shape index (κ1) is 22.4. The van der Waals surface area contributed by atoms with Crippen LogP contribution in [0.4, 0.5) is 0 Å². The fourth-order valence-electron chi connectivity index (χ4n) is 3.22. The number of ether oxygens (including phenoxy) is 1. The molecule has 3 aromatic rings. The molecule has 1 atom stereocenters. The molecule has 1 N–H and O–H groups in total. The molecule has 30 heavy (non-hydrogen) atoms. The van der Waals surface area contributed by atoms with Gasteiger partial charge < -0.3 is 10.1 Å². The Bertz CT molecular complexity index is 1130. The van der Waals surface area contributed by atoms with E-state index in [1.54, 1.807) is 29.1 Å². The number of nitrogens with one attached hydrogen (secondary N) is 1. The van der Waals surface area contributed by atoms with Crippen LogP contribution in [0.1, 0.15) is 38.1 Å². The quantitative estimate of drug-likeness (QED) is 0.433. The summed E-state index contributed by atoms with van der Waals surface area (Å²) in [6.07, 6.45) is 0.848. The molecule has 0 radical (unpaired) electrons. The van der Waals surface area contributed by atoms with Gasteiger partial charge >= 0.3 is 0 Å². The van der Waals surface area contributed by atoms with Crippen LogP contribution in [0.5, 0.6) is 5.75 Å². The van der Waals surface area contributed by atoms with Gasteiger partial charge in [-0.1, -0.05) is 24.8 Å². The number of benzene rings is 1. The zero-order valence-corrected chi connectivity index (χ0v) is 19.7. The highest BCUT2D eigenvalue weighted by Gasteiger charge is 2.23. The number of thiophene rings is 1. The Morgan fingerprint density at radius 1 is 1.33 bits per heavy atom. The second-order valence-electron chi connectivity index (χ2n) is 7.34. The van der Waals surface area contributed by atoms with Crippen LogP contribution in [0, 0.1) is 6.92 Å². The molecule has 1 aromatic carbocycles. The Balaban J connectivity index is 2.21. The topological polar surface area (TPSA) is 73.2 Å². The third kappa shape index (κ3) is 4.39. The second kappa shape index (κ2) is 9.22. The van der Waals surface area contributed by atoms with Crippen molar-refractivity contribution in [3.8, 4) is 11.4 Å². The number of thioether (sulfide) groups is 1. The van der Waals surface area contributed by atoms with Gasteiger partial charge in [-0.25, -0.2) is 4.98 Å². The van der Waals surface area contributed by atoms with Crippen molar-refractivity contribution in [2.45, 2.75) is 57.5 Å². The lowest BCUT2D eigenvalue weighted by atomic mass is 10.2. The fourth-order valence-corrected chi connectivity index (χ4v) is 5.31. The molecule has 0 saturated carbocycles. The lowest BCUT2D eigenvalue weighted by Gasteiger charge is -2.17. The molecule has 0 saturated heterocycles. The van der Waals surface area contributed by atoms with Gasteiger partial charge in [0, 0.05) is 17.0 Å². The highest BCUT2D eigenvalue weighted by Crippen LogP contribution is 2.32. The summed E-state index contributed by atoms with van der Waals surface area (Å²) >= 11 is 2.83. The molecule has 2 heterocycles. The molecule has 8 heteroatoms. The highest BCUT2D eigenvalue weighted by molar-refractivity contribution is 8.00. The summed E-state index contributed by atoms with van der Waals surface area (Å²) in [6, 6.07) is 7.37. The van der Waals surface area contributed by atoms with Crippen LogP contribution in [0.15, 0.2) is 34.2 Å². The first-order valence-electron chi connectivity index (χ1n) is 9.93. The van der Waals surface area contributed by atoms with Gasteiger partial charge in [0.05, 0.1) is 23.4 Å². The van der Waals surface area contributed by atoms with Crippen molar-refractivity contribution in [3.05, 3.63) is 45.1 Å². The van der Waals surface area contributed by atoms with E-state index in [0.29, 0.717) is 26.8 Å². The average Bonchev–Trinajstić information content (AvgIpc) is 3.03. The van der Waals surface area contributed by atoms with Crippen molar-refractivity contribution in [1.82, 2.24) is 14.9 Å². The van der Waals surface area contributed by atoms with Crippen molar-refractivity contribution in [2.24, 2.45) is 0 Å². The number of rotatable bonds is 7. The van der Waals surface area contributed by atoms with E-state index in [1.807, 2.05) is 45.9 Å². The molecule has 3 rings (SSSR count). The largest absolute Gasteiger partial charge is 0.497 e. The summed E-state index contributed by atoms with van der Waals surface area (Å²) in [5.41, 5.74) is 1.52. The molecule has 0 aliphatic carbocycles. The molecule has 0 aliphatic rings. The molecule has 6 nitrogen and oxygen atoms in total. The SMILES string of the molecule is CCc1sc2nc(SC(C)C(=O)NC(C)C)n(-c3cccc(OC)c3)c(=O)c2c1C. The first-order valence-corrected chi connectivity index (χ1v) is 11.6. The molecular weight excluding hydrogens is 418 g/mol. The standard InChI is InChI=1S/C22H27N3O3S2/c1-7-17-13(4)18-20(30-17)24-22(29-14(5)19(26)23-12(2)3)25(21(18)27)15-9-8-10-16(11-15)28-6/h8-12,14H,7H2,1-6H3,(H,23,26). The van der Waals surface area contributed by atoms with Crippen LogP contribution in [0.3, 0.4) is 0 Å². The van der Waals surface area contributed by atoms with E-state index in [-0.39, 0.29) is 17.5 Å². The number of hydrogen-bond donors (Lipinski definition) is 1. The van der Waals surface area contributed by atoms with Gasteiger partial charge in [0.15, 0.2) is 5.16 Å². The zero-order chi connectivity index (χ0) is 22.0. The fraction of sp³-hybridized carbons (Fsp3) is 0.409. The van der Waals surface area contributed by atoms with E-state index in [1.165, 1.54) is 11.8 Å². The predicted molar refractivity (Wildman–Crippen MR) is 124 cm³/mol. The van der Waals surface area contributed by atoms with E-state index >= 15 is 0 Å². The Hall–Kier alpha value is -2.32. The van der Waals surface area contributed by atoms with Crippen molar-refractivity contribution < 1.29 is 9.53 Å². The van der Waals surface area contributed by atoms with Crippen LogP contribution in [-0.4, -0.2) is 33.9 Å². The van der Waals surface area contributed by atoms with Gasteiger partial charge in [-0.2, -0.15) is 0 Å². The van der Waals surface area contributed by atoms with E-state index < -0.39 is 5.25 Å². The molecule has 0 bridgehead atoms. The zero-order valence-electron chi connectivity index (χ0n) is 18.1. The van der Waals surface area contributed by atoms with Gasteiger partial charge in [-0.15, -0.1) is 11.3 Å². The summed E-state index contributed by atoms with van der Waals surface area (Å²) < 4.78 is 6.94. The maximum atomic E-state index is 13.6. The molecule has 0 fully saturated rings. The summed E-state index contributed by atoms with van der Waals surface area (Å²) in [5.74, 6) is 0.565. The molecular formula is C22H27N3O3S2. The number of aryl methyl sites for hydroxylation is 2. The smallest absolute Gasteiger partial charge is 0.267 e. The third-order valence-corrected chi connectivity index (χ3v) is 7.13. The van der Waals surface area contributed by atoms with E-state index in [9.17, 15) is 9.59 Å². The maximum absolute atomic E-state index is 13.6. The van der Waals surface area contributed by atoms with Crippen LogP contribution in [0.2, 0.25) is 0 Å². The predicted octanol–water partition coefficient (Wildman–Crippen LogP) is 4.33. The number of carbonyl (C=O) groups is 1. The number of aromatic nitrogens is 2.